The van der Waals surface area contributed by atoms with Crippen LogP contribution in [0.5, 0.6) is 5.75 Å². The predicted octanol–water partition coefficient (Wildman–Crippen LogP) is 6.19. The van der Waals surface area contributed by atoms with Gasteiger partial charge in [0, 0.05) is 37.6 Å². The molecule has 0 aliphatic rings. The average Bonchev–Trinajstić information content (AvgIpc) is 2.76. The highest BCUT2D eigenvalue weighted by molar-refractivity contribution is 5.55. The van der Waals surface area contributed by atoms with Gasteiger partial charge in [0.15, 0.2) is 5.82 Å². The van der Waals surface area contributed by atoms with E-state index in [1.165, 1.54) is 37.7 Å². The van der Waals surface area contributed by atoms with E-state index < -0.39 is 6.17 Å². The molecule has 160 valence electrons. The summed E-state index contributed by atoms with van der Waals surface area (Å²) in [4.78, 5) is 8.98. The van der Waals surface area contributed by atoms with E-state index in [0.717, 1.165) is 18.4 Å². The first-order valence-electron chi connectivity index (χ1n) is 11.0. The maximum absolute atomic E-state index is 13.8. The lowest BCUT2D eigenvalue weighted by molar-refractivity contribution is 0.0964. The van der Waals surface area contributed by atoms with Gasteiger partial charge in [-0.1, -0.05) is 39.5 Å². The largest absolute Gasteiger partial charge is 0.491 e. The van der Waals surface area contributed by atoms with E-state index in [1.54, 1.807) is 0 Å². The lowest BCUT2D eigenvalue weighted by Crippen LogP contribution is -2.15. The summed E-state index contributed by atoms with van der Waals surface area (Å²) in [6, 6.07) is 7.49. The van der Waals surface area contributed by atoms with Gasteiger partial charge in [-0.2, -0.15) is 0 Å². The molecule has 0 aliphatic carbocycles. The van der Waals surface area contributed by atoms with Gasteiger partial charge in [0.2, 0.25) is 0 Å². The third kappa shape index (κ3) is 9.35. The van der Waals surface area contributed by atoms with Gasteiger partial charge in [-0.25, -0.2) is 14.4 Å². The molecular formula is C24H35FN2O2. The van der Waals surface area contributed by atoms with Crippen LogP contribution in [0.15, 0.2) is 36.7 Å². The number of alkyl halides is 1. The van der Waals surface area contributed by atoms with Crippen LogP contribution >= 0.6 is 0 Å². The highest BCUT2D eigenvalue weighted by Gasteiger charge is 2.08. The van der Waals surface area contributed by atoms with Crippen LogP contribution in [0, 0.1) is 0 Å². The molecule has 2 rings (SSSR count). The van der Waals surface area contributed by atoms with Crippen LogP contribution in [-0.4, -0.2) is 36.0 Å². The van der Waals surface area contributed by atoms with Gasteiger partial charge in [-0.3, -0.25) is 0 Å². The minimum Gasteiger partial charge on any atom is -0.491 e. The smallest absolute Gasteiger partial charge is 0.159 e. The Kier molecular flexibility index (Phi) is 11.3. The van der Waals surface area contributed by atoms with Crippen LogP contribution in [0.25, 0.3) is 11.4 Å². The Hall–Kier alpha value is -2.01. The third-order valence-corrected chi connectivity index (χ3v) is 4.74. The maximum atomic E-state index is 13.8. The van der Waals surface area contributed by atoms with Crippen molar-refractivity contribution in [2.45, 2.75) is 71.4 Å². The number of halogens is 1. The van der Waals surface area contributed by atoms with E-state index in [4.69, 9.17) is 9.47 Å². The van der Waals surface area contributed by atoms with Crippen molar-refractivity contribution in [2.75, 3.05) is 19.8 Å². The number of rotatable bonds is 15. The maximum Gasteiger partial charge on any atom is 0.159 e. The zero-order chi connectivity index (χ0) is 20.7. The molecule has 1 aromatic heterocycles. The van der Waals surface area contributed by atoms with Crippen LogP contribution in [-0.2, 0) is 11.2 Å². The Labute approximate surface area is 174 Å². The summed E-state index contributed by atoms with van der Waals surface area (Å²) in [6.07, 6.45) is 11.5. The second kappa shape index (κ2) is 14.0. The second-order valence-electron chi connectivity index (χ2n) is 7.41. The Balaban J connectivity index is 1.74. The molecule has 4 nitrogen and oxygen atoms in total. The molecule has 1 atom stereocenters. The molecule has 1 unspecified atom stereocenters. The summed E-state index contributed by atoms with van der Waals surface area (Å²) < 4.78 is 24.7. The standard InChI is InChI=1S/C24H35FN2O2/c1-3-5-6-7-8-9-20-17-26-24(27-18-20)21-10-12-23(13-11-21)29-19-22(25)14-16-28-15-4-2/h10-13,17-18,22H,3-9,14-16,19H2,1-2H3. The van der Waals surface area contributed by atoms with Crippen LogP contribution in [0.2, 0.25) is 0 Å². The number of aryl methyl sites for hydroxylation is 1. The van der Waals surface area contributed by atoms with E-state index in [2.05, 4.69) is 16.9 Å². The quantitative estimate of drug-likeness (QED) is 0.333. The summed E-state index contributed by atoms with van der Waals surface area (Å²) in [5.41, 5.74) is 2.11. The molecule has 0 bridgehead atoms. The molecule has 2 aromatic rings. The summed E-state index contributed by atoms with van der Waals surface area (Å²) in [5.74, 6) is 1.34. The lowest BCUT2D eigenvalue weighted by Gasteiger charge is -2.11. The minimum atomic E-state index is -1.02. The van der Waals surface area contributed by atoms with Crippen molar-refractivity contribution in [1.82, 2.24) is 9.97 Å². The van der Waals surface area contributed by atoms with Gasteiger partial charge in [0.1, 0.15) is 18.5 Å². The average molecular weight is 403 g/mol. The normalized spacial score (nSPS) is 12.1. The molecular weight excluding hydrogens is 367 g/mol. The topological polar surface area (TPSA) is 44.2 Å². The minimum absolute atomic E-state index is 0.0400. The molecule has 0 N–H and O–H groups in total. The fourth-order valence-electron chi connectivity index (χ4n) is 2.99. The Bertz CT molecular complexity index is 662. The van der Waals surface area contributed by atoms with E-state index in [0.29, 0.717) is 31.2 Å². The second-order valence-corrected chi connectivity index (χ2v) is 7.41. The van der Waals surface area contributed by atoms with Gasteiger partial charge in [-0.15, -0.1) is 0 Å². The molecule has 0 fully saturated rings. The van der Waals surface area contributed by atoms with Crippen LogP contribution in [0.4, 0.5) is 4.39 Å². The van der Waals surface area contributed by atoms with Crippen LogP contribution in [0.1, 0.15) is 64.4 Å². The van der Waals surface area contributed by atoms with Gasteiger partial charge in [0.05, 0.1) is 0 Å². The van der Waals surface area contributed by atoms with Gasteiger partial charge in [0.25, 0.3) is 0 Å². The number of unbranched alkanes of at least 4 members (excludes halogenated alkanes) is 4. The van der Waals surface area contributed by atoms with Crippen molar-refractivity contribution < 1.29 is 13.9 Å². The van der Waals surface area contributed by atoms with E-state index in [1.807, 2.05) is 43.6 Å². The Morgan fingerprint density at radius 1 is 0.897 bits per heavy atom. The summed E-state index contributed by atoms with van der Waals surface area (Å²) in [5, 5.41) is 0. The van der Waals surface area contributed by atoms with Crippen molar-refractivity contribution in [1.29, 1.82) is 0 Å². The number of benzene rings is 1. The van der Waals surface area contributed by atoms with Crippen molar-refractivity contribution in [3.8, 4) is 17.1 Å². The fourth-order valence-corrected chi connectivity index (χ4v) is 2.99. The molecule has 0 aliphatic heterocycles. The van der Waals surface area contributed by atoms with Gasteiger partial charge in [-0.05, 0) is 49.1 Å². The molecule has 0 spiro atoms. The summed E-state index contributed by atoms with van der Waals surface area (Å²) in [6.45, 7) is 5.42. The number of ether oxygens (including phenoxy) is 2. The van der Waals surface area contributed by atoms with Gasteiger partial charge < -0.3 is 9.47 Å². The van der Waals surface area contributed by atoms with Crippen LogP contribution in [0.3, 0.4) is 0 Å². The molecule has 1 heterocycles. The molecule has 5 heteroatoms. The Morgan fingerprint density at radius 2 is 1.62 bits per heavy atom. The number of hydrogen-bond donors (Lipinski definition) is 0. The fraction of sp³-hybridized carbons (Fsp3) is 0.583. The van der Waals surface area contributed by atoms with Gasteiger partial charge >= 0.3 is 0 Å². The third-order valence-electron chi connectivity index (χ3n) is 4.74. The zero-order valence-electron chi connectivity index (χ0n) is 17.9. The van der Waals surface area contributed by atoms with E-state index >= 15 is 0 Å². The van der Waals surface area contributed by atoms with Crippen molar-refractivity contribution >= 4 is 0 Å². The number of hydrogen-bond acceptors (Lipinski definition) is 4. The summed E-state index contributed by atoms with van der Waals surface area (Å²) >= 11 is 0. The monoisotopic (exact) mass is 402 g/mol. The molecule has 1 aromatic carbocycles. The first-order chi connectivity index (χ1) is 14.2. The number of aromatic nitrogens is 2. The molecule has 0 radical (unpaired) electrons. The highest BCUT2D eigenvalue weighted by atomic mass is 19.1. The summed E-state index contributed by atoms with van der Waals surface area (Å²) in [7, 11) is 0. The van der Waals surface area contributed by atoms with Crippen LogP contribution < -0.4 is 4.74 Å². The Morgan fingerprint density at radius 3 is 2.31 bits per heavy atom. The first-order valence-corrected chi connectivity index (χ1v) is 11.0. The van der Waals surface area contributed by atoms with E-state index in [9.17, 15) is 4.39 Å². The zero-order valence-corrected chi connectivity index (χ0v) is 17.9. The SMILES string of the molecule is CCCCCCCc1cnc(-c2ccc(OCC(F)CCOCCC)cc2)nc1. The lowest BCUT2D eigenvalue weighted by atomic mass is 10.1. The highest BCUT2D eigenvalue weighted by Crippen LogP contribution is 2.20. The van der Waals surface area contributed by atoms with Crippen molar-refractivity contribution in [2.24, 2.45) is 0 Å². The molecule has 0 saturated heterocycles. The first kappa shape index (κ1) is 23.3. The predicted molar refractivity (Wildman–Crippen MR) is 116 cm³/mol. The molecule has 29 heavy (non-hydrogen) atoms. The molecule has 0 amide bonds. The van der Waals surface area contributed by atoms with Crippen molar-refractivity contribution in [3.63, 3.8) is 0 Å². The molecule has 0 saturated carbocycles. The number of nitrogens with zero attached hydrogens (tertiary/aromatic N) is 2. The van der Waals surface area contributed by atoms with Crippen molar-refractivity contribution in [3.05, 3.63) is 42.2 Å². The van der Waals surface area contributed by atoms with E-state index in [-0.39, 0.29) is 6.61 Å².